The van der Waals surface area contributed by atoms with Crippen LogP contribution in [-0.4, -0.2) is 36.1 Å². The van der Waals surface area contributed by atoms with Crippen LogP contribution >= 0.6 is 0 Å². The van der Waals surface area contributed by atoms with Gasteiger partial charge in [0.2, 0.25) is 0 Å². The Balaban J connectivity index is 2.02. The molecule has 0 amide bonds. The Morgan fingerprint density at radius 2 is 2.00 bits per heavy atom. The molecule has 2 aliphatic carbocycles. The van der Waals surface area contributed by atoms with Crippen molar-refractivity contribution in [2.45, 2.75) is 64.5 Å². The Bertz CT molecular complexity index is 325. The third kappa shape index (κ3) is 3.94. The van der Waals surface area contributed by atoms with E-state index in [1.165, 1.54) is 25.7 Å². The summed E-state index contributed by atoms with van der Waals surface area (Å²) >= 11 is 0. The Labute approximate surface area is 118 Å². The molecule has 1 unspecified atom stereocenters. The highest BCUT2D eigenvalue weighted by Gasteiger charge is 2.47. The second-order valence-electron chi connectivity index (χ2n) is 6.84. The number of nitriles is 1. The predicted octanol–water partition coefficient (Wildman–Crippen LogP) is 2.78. The van der Waals surface area contributed by atoms with Crippen molar-refractivity contribution in [1.29, 1.82) is 5.26 Å². The van der Waals surface area contributed by atoms with E-state index in [9.17, 15) is 5.26 Å². The van der Waals surface area contributed by atoms with Crippen LogP contribution < -0.4 is 5.32 Å². The van der Waals surface area contributed by atoms with Gasteiger partial charge in [-0.1, -0.05) is 20.8 Å². The lowest BCUT2D eigenvalue weighted by molar-refractivity contribution is 0.171. The van der Waals surface area contributed by atoms with Gasteiger partial charge in [-0.05, 0) is 50.5 Å². The van der Waals surface area contributed by atoms with Crippen LogP contribution in [0.15, 0.2) is 0 Å². The number of nitrogens with one attached hydrogen (secondary N) is 1. The quantitative estimate of drug-likeness (QED) is 0.695. The molecular weight excluding hydrogens is 234 g/mol. The van der Waals surface area contributed by atoms with Gasteiger partial charge in [0, 0.05) is 19.1 Å². The molecule has 108 valence electrons. The molecule has 2 saturated carbocycles. The van der Waals surface area contributed by atoms with Crippen molar-refractivity contribution < 1.29 is 0 Å². The van der Waals surface area contributed by atoms with E-state index in [4.69, 9.17) is 0 Å². The Morgan fingerprint density at radius 1 is 1.32 bits per heavy atom. The molecule has 0 aromatic carbocycles. The first kappa shape index (κ1) is 14.8. The van der Waals surface area contributed by atoms with Crippen molar-refractivity contribution in [1.82, 2.24) is 10.2 Å². The molecule has 2 rings (SSSR count). The molecule has 1 N–H and O–H groups in total. The molecule has 0 aromatic rings. The molecule has 0 aromatic heterocycles. The normalized spacial score (nSPS) is 22.5. The van der Waals surface area contributed by atoms with E-state index >= 15 is 0 Å². The third-order valence-corrected chi connectivity index (χ3v) is 4.28. The largest absolute Gasteiger partial charge is 0.298 e. The molecule has 3 heteroatoms. The maximum atomic E-state index is 9.76. The molecule has 0 heterocycles. The van der Waals surface area contributed by atoms with Crippen LogP contribution in [0, 0.1) is 23.2 Å². The SMILES string of the molecule is CCCNC(C#N)(CN(CC(C)C)C1CC1)C1CC1. The third-order valence-electron chi connectivity index (χ3n) is 4.28. The molecule has 0 spiro atoms. The highest BCUT2D eigenvalue weighted by molar-refractivity contribution is 5.17. The summed E-state index contributed by atoms with van der Waals surface area (Å²) in [6.45, 7) is 9.75. The van der Waals surface area contributed by atoms with Crippen molar-refractivity contribution in [3.8, 4) is 6.07 Å². The lowest BCUT2D eigenvalue weighted by Gasteiger charge is -2.35. The van der Waals surface area contributed by atoms with E-state index in [1.807, 2.05) is 0 Å². The first-order valence-electron chi connectivity index (χ1n) is 8.01. The van der Waals surface area contributed by atoms with Crippen LogP contribution in [0.25, 0.3) is 0 Å². The zero-order chi connectivity index (χ0) is 13.9. The fourth-order valence-corrected chi connectivity index (χ4v) is 2.99. The minimum Gasteiger partial charge on any atom is -0.298 e. The summed E-state index contributed by atoms with van der Waals surface area (Å²) in [5, 5.41) is 13.3. The molecule has 2 fully saturated rings. The van der Waals surface area contributed by atoms with Crippen LogP contribution in [0.2, 0.25) is 0 Å². The van der Waals surface area contributed by atoms with Crippen LogP contribution in [0.4, 0.5) is 0 Å². The molecular formula is C16H29N3. The van der Waals surface area contributed by atoms with Gasteiger partial charge in [0.25, 0.3) is 0 Å². The minimum atomic E-state index is -0.284. The van der Waals surface area contributed by atoms with E-state index < -0.39 is 0 Å². The summed E-state index contributed by atoms with van der Waals surface area (Å²) in [5.74, 6) is 1.26. The average Bonchev–Trinajstić information content (AvgIpc) is 3.24. The van der Waals surface area contributed by atoms with Crippen molar-refractivity contribution in [3.63, 3.8) is 0 Å². The fraction of sp³-hybridized carbons (Fsp3) is 0.938. The topological polar surface area (TPSA) is 39.1 Å². The van der Waals surface area contributed by atoms with Gasteiger partial charge >= 0.3 is 0 Å². The summed E-state index contributed by atoms with van der Waals surface area (Å²) in [6, 6.07) is 3.39. The molecule has 1 atom stereocenters. The van der Waals surface area contributed by atoms with Crippen molar-refractivity contribution in [2.75, 3.05) is 19.6 Å². The molecule has 2 aliphatic rings. The number of hydrogen-bond acceptors (Lipinski definition) is 3. The monoisotopic (exact) mass is 263 g/mol. The van der Waals surface area contributed by atoms with Gasteiger partial charge in [-0.2, -0.15) is 5.26 Å². The Kier molecular flexibility index (Phi) is 4.86. The maximum Gasteiger partial charge on any atom is 0.122 e. The second-order valence-corrected chi connectivity index (χ2v) is 6.84. The van der Waals surface area contributed by atoms with Gasteiger partial charge in [0.1, 0.15) is 5.54 Å². The van der Waals surface area contributed by atoms with Crippen LogP contribution in [-0.2, 0) is 0 Å². The molecule has 19 heavy (non-hydrogen) atoms. The average molecular weight is 263 g/mol. The van der Waals surface area contributed by atoms with E-state index in [0.29, 0.717) is 11.8 Å². The molecule has 0 bridgehead atoms. The smallest absolute Gasteiger partial charge is 0.122 e. The number of nitrogens with zero attached hydrogens (tertiary/aromatic N) is 2. The lowest BCUT2D eigenvalue weighted by atomic mass is 9.93. The Morgan fingerprint density at radius 3 is 2.42 bits per heavy atom. The summed E-state index contributed by atoms with van der Waals surface area (Å²) in [5.41, 5.74) is -0.284. The predicted molar refractivity (Wildman–Crippen MR) is 78.8 cm³/mol. The van der Waals surface area contributed by atoms with E-state index in [2.05, 4.69) is 37.1 Å². The van der Waals surface area contributed by atoms with Gasteiger partial charge in [-0.15, -0.1) is 0 Å². The van der Waals surface area contributed by atoms with Crippen molar-refractivity contribution in [2.24, 2.45) is 11.8 Å². The first-order valence-corrected chi connectivity index (χ1v) is 8.01. The fourth-order valence-electron chi connectivity index (χ4n) is 2.99. The van der Waals surface area contributed by atoms with Gasteiger partial charge in [0.05, 0.1) is 6.07 Å². The van der Waals surface area contributed by atoms with Gasteiger partial charge in [-0.3, -0.25) is 10.2 Å². The van der Waals surface area contributed by atoms with Crippen molar-refractivity contribution >= 4 is 0 Å². The summed E-state index contributed by atoms with van der Waals surface area (Å²) in [4.78, 5) is 2.58. The molecule has 0 saturated heterocycles. The number of hydrogen-bond donors (Lipinski definition) is 1. The standard InChI is InChI=1S/C16H29N3/c1-4-9-18-16(11-17,14-5-6-14)12-19(10-13(2)3)15-7-8-15/h13-15,18H,4-10,12H2,1-3H3. The zero-order valence-corrected chi connectivity index (χ0v) is 12.8. The van der Waals surface area contributed by atoms with E-state index in [-0.39, 0.29) is 5.54 Å². The molecule has 0 radical (unpaired) electrons. The summed E-state index contributed by atoms with van der Waals surface area (Å²) < 4.78 is 0. The summed E-state index contributed by atoms with van der Waals surface area (Å²) in [6.07, 6.45) is 6.21. The van der Waals surface area contributed by atoms with Crippen LogP contribution in [0.1, 0.15) is 52.9 Å². The molecule has 3 nitrogen and oxygen atoms in total. The van der Waals surface area contributed by atoms with Crippen LogP contribution in [0.3, 0.4) is 0 Å². The Hall–Kier alpha value is -0.590. The molecule has 0 aliphatic heterocycles. The second kappa shape index (κ2) is 6.24. The summed E-state index contributed by atoms with van der Waals surface area (Å²) in [7, 11) is 0. The van der Waals surface area contributed by atoms with Gasteiger partial charge in [0.15, 0.2) is 0 Å². The lowest BCUT2D eigenvalue weighted by Crippen LogP contribution is -2.55. The van der Waals surface area contributed by atoms with Gasteiger partial charge < -0.3 is 0 Å². The maximum absolute atomic E-state index is 9.76. The highest BCUT2D eigenvalue weighted by atomic mass is 15.2. The van der Waals surface area contributed by atoms with E-state index in [1.54, 1.807) is 0 Å². The number of rotatable bonds is 9. The van der Waals surface area contributed by atoms with E-state index in [0.717, 1.165) is 32.1 Å². The zero-order valence-electron chi connectivity index (χ0n) is 12.8. The van der Waals surface area contributed by atoms with Gasteiger partial charge in [-0.25, -0.2) is 0 Å². The minimum absolute atomic E-state index is 0.284. The van der Waals surface area contributed by atoms with Crippen molar-refractivity contribution in [3.05, 3.63) is 0 Å². The van der Waals surface area contributed by atoms with Crippen LogP contribution in [0.5, 0.6) is 0 Å². The highest BCUT2D eigenvalue weighted by Crippen LogP contribution is 2.41. The first-order chi connectivity index (χ1) is 9.11.